The predicted molar refractivity (Wildman–Crippen MR) is 70.3 cm³/mol. The number of alkyl halides is 2. The average Bonchev–Trinajstić information content (AvgIpc) is 2.62. The second-order valence-electron chi connectivity index (χ2n) is 4.79. The second-order valence-corrected chi connectivity index (χ2v) is 4.79. The van der Waals surface area contributed by atoms with Crippen LogP contribution in [-0.2, 0) is 4.74 Å². The smallest absolute Gasteiger partial charge is 0.293 e. The summed E-state index contributed by atoms with van der Waals surface area (Å²) in [5.74, 6) is 0. The third-order valence-electron chi connectivity index (χ3n) is 3.24. The van der Waals surface area contributed by atoms with Crippen LogP contribution < -0.4 is 4.90 Å². The molecule has 0 saturated carbocycles. The molecule has 0 spiro atoms. The monoisotopic (exact) mass is 286 g/mol. The van der Waals surface area contributed by atoms with Gasteiger partial charge < -0.3 is 9.64 Å². The van der Waals surface area contributed by atoms with Crippen molar-refractivity contribution in [1.82, 2.24) is 0 Å². The summed E-state index contributed by atoms with van der Waals surface area (Å²) in [6, 6.07) is 3.59. The van der Waals surface area contributed by atoms with Crippen molar-refractivity contribution in [3.05, 3.63) is 33.9 Å². The summed E-state index contributed by atoms with van der Waals surface area (Å²) >= 11 is 0. The summed E-state index contributed by atoms with van der Waals surface area (Å²) in [6.07, 6.45) is -2.01. The molecule has 1 aliphatic rings. The number of anilines is 1. The summed E-state index contributed by atoms with van der Waals surface area (Å²) in [7, 11) is 0. The Kier molecular flexibility index (Phi) is 4.49. The number of nitrogens with zero attached hydrogens (tertiary/aromatic N) is 2. The van der Waals surface area contributed by atoms with Crippen LogP contribution in [0, 0.1) is 10.1 Å². The van der Waals surface area contributed by atoms with Crippen molar-refractivity contribution in [2.75, 3.05) is 24.6 Å². The molecule has 1 heterocycles. The molecule has 1 atom stereocenters. The highest BCUT2D eigenvalue weighted by Gasteiger charge is 2.24. The molecule has 110 valence electrons. The fraction of sp³-hybridized carbons (Fsp3) is 0.538. The van der Waals surface area contributed by atoms with E-state index in [1.807, 2.05) is 11.8 Å². The van der Waals surface area contributed by atoms with E-state index in [9.17, 15) is 18.9 Å². The van der Waals surface area contributed by atoms with Crippen LogP contribution in [-0.4, -0.2) is 30.7 Å². The van der Waals surface area contributed by atoms with Gasteiger partial charge in [0.2, 0.25) is 0 Å². The average molecular weight is 286 g/mol. The Bertz CT molecular complexity index is 497. The highest BCUT2D eigenvalue weighted by Crippen LogP contribution is 2.33. The number of hydrogen-bond acceptors (Lipinski definition) is 4. The van der Waals surface area contributed by atoms with Gasteiger partial charge in [-0.15, -0.1) is 0 Å². The molecule has 0 radical (unpaired) electrons. The molecule has 7 heteroatoms. The highest BCUT2D eigenvalue weighted by molar-refractivity contribution is 5.64. The highest BCUT2D eigenvalue weighted by atomic mass is 19.3. The molecule has 0 aliphatic carbocycles. The fourth-order valence-electron chi connectivity index (χ4n) is 2.30. The Labute approximate surface area is 115 Å². The van der Waals surface area contributed by atoms with Crippen molar-refractivity contribution in [2.24, 2.45) is 0 Å². The maximum Gasteiger partial charge on any atom is 0.293 e. The molecule has 5 nitrogen and oxygen atoms in total. The molecule has 0 unspecified atom stereocenters. The summed E-state index contributed by atoms with van der Waals surface area (Å²) in [5.41, 5.74) is -0.242. The summed E-state index contributed by atoms with van der Waals surface area (Å²) in [4.78, 5) is 12.3. The minimum Gasteiger partial charge on any atom is -0.377 e. The van der Waals surface area contributed by atoms with Crippen LogP contribution in [0.3, 0.4) is 0 Å². The van der Waals surface area contributed by atoms with Crippen LogP contribution in [0.25, 0.3) is 0 Å². The maximum atomic E-state index is 12.7. The van der Waals surface area contributed by atoms with Crippen LogP contribution in [0.5, 0.6) is 0 Å². The molecule has 0 aromatic heterocycles. The van der Waals surface area contributed by atoms with Gasteiger partial charge in [0.1, 0.15) is 5.69 Å². The minimum atomic E-state index is -2.71. The van der Waals surface area contributed by atoms with Gasteiger partial charge in [0.15, 0.2) is 0 Å². The van der Waals surface area contributed by atoms with Crippen molar-refractivity contribution in [3.63, 3.8) is 0 Å². The van der Waals surface area contributed by atoms with E-state index in [1.54, 1.807) is 0 Å². The Morgan fingerprint density at radius 2 is 2.25 bits per heavy atom. The van der Waals surface area contributed by atoms with E-state index in [0.29, 0.717) is 25.4 Å². The molecule has 0 N–H and O–H groups in total. The van der Waals surface area contributed by atoms with Gasteiger partial charge >= 0.3 is 0 Å². The largest absolute Gasteiger partial charge is 0.377 e. The first-order chi connectivity index (χ1) is 9.49. The van der Waals surface area contributed by atoms with E-state index in [2.05, 4.69) is 0 Å². The lowest BCUT2D eigenvalue weighted by Gasteiger charge is -2.24. The normalized spacial score (nSPS) is 20.0. The van der Waals surface area contributed by atoms with E-state index in [0.717, 1.165) is 12.5 Å². The van der Waals surface area contributed by atoms with Crippen molar-refractivity contribution in [1.29, 1.82) is 0 Å². The van der Waals surface area contributed by atoms with Gasteiger partial charge in [0.25, 0.3) is 12.1 Å². The third kappa shape index (κ3) is 3.22. The van der Waals surface area contributed by atoms with Gasteiger partial charge in [-0.25, -0.2) is 8.78 Å². The van der Waals surface area contributed by atoms with Gasteiger partial charge in [-0.05, 0) is 19.4 Å². The van der Waals surface area contributed by atoms with Crippen LogP contribution in [0.15, 0.2) is 18.2 Å². The molecule has 0 amide bonds. The SMILES string of the molecule is C[C@@H]1CN(c2ccc(C(F)F)cc2[N+](=O)[O-])CCCO1. The van der Waals surface area contributed by atoms with Crippen molar-refractivity contribution < 1.29 is 18.4 Å². The van der Waals surface area contributed by atoms with Crippen LogP contribution in [0.1, 0.15) is 25.3 Å². The zero-order chi connectivity index (χ0) is 14.7. The number of rotatable bonds is 3. The van der Waals surface area contributed by atoms with Gasteiger partial charge in [0, 0.05) is 31.3 Å². The predicted octanol–water partition coefficient (Wildman–Crippen LogP) is 3.15. The van der Waals surface area contributed by atoms with Crippen molar-refractivity contribution >= 4 is 11.4 Å². The van der Waals surface area contributed by atoms with E-state index in [4.69, 9.17) is 4.74 Å². The van der Waals surface area contributed by atoms with Crippen molar-refractivity contribution in [3.8, 4) is 0 Å². The van der Waals surface area contributed by atoms with E-state index >= 15 is 0 Å². The van der Waals surface area contributed by atoms with E-state index < -0.39 is 11.3 Å². The molecule has 1 saturated heterocycles. The van der Waals surface area contributed by atoms with Crippen molar-refractivity contribution in [2.45, 2.75) is 25.9 Å². The van der Waals surface area contributed by atoms with E-state index in [1.165, 1.54) is 12.1 Å². The second kappa shape index (κ2) is 6.13. The van der Waals surface area contributed by atoms with Gasteiger partial charge in [-0.3, -0.25) is 10.1 Å². The Hall–Kier alpha value is -1.76. The van der Waals surface area contributed by atoms with Gasteiger partial charge in [-0.1, -0.05) is 6.07 Å². The van der Waals surface area contributed by atoms with Gasteiger partial charge in [0.05, 0.1) is 11.0 Å². The number of nitro benzene ring substituents is 1. The molecule has 20 heavy (non-hydrogen) atoms. The zero-order valence-corrected chi connectivity index (χ0v) is 11.1. The van der Waals surface area contributed by atoms with E-state index in [-0.39, 0.29) is 17.4 Å². The summed E-state index contributed by atoms with van der Waals surface area (Å²) in [6.45, 7) is 3.60. The number of ether oxygens (including phenoxy) is 1. The first-order valence-corrected chi connectivity index (χ1v) is 6.42. The first kappa shape index (κ1) is 14.6. The lowest BCUT2D eigenvalue weighted by Crippen LogP contribution is -2.30. The van der Waals surface area contributed by atoms with Crippen LogP contribution >= 0.6 is 0 Å². The van der Waals surface area contributed by atoms with Crippen LogP contribution in [0.4, 0.5) is 20.2 Å². The molecule has 0 bridgehead atoms. The molecular weight excluding hydrogens is 270 g/mol. The van der Waals surface area contributed by atoms with Crippen LogP contribution in [0.2, 0.25) is 0 Å². The Balaban J connectivity index is 2.36. The molecular formula is C13H16F2N2O3. The quantitative estimate of drug-likeness (QED) is 0.632. The number of nitro groups is 1. The zero-order valence-electron chi connectivity index (χ0n) is 11.1. The topological polar surface area (TPSA) is 55.6 Å². The Morgan fingerprint density at radius 1 is 1.50 bits per heavy atom. The fourth-order valence-corrected chi connectivity index (χ4v) is 2.30. The van der Waals surface area contributed by atoms with Gasteiger partial charge in [-0.2, -0.15) is 0 Å². The standard InChI is InChI=1S/C13H16F2N2O3/c1-9-8-16(5-2-6-20-9)11-4-3-10(13(14)15)7-12(11)17(18)19/h3-4,7,9,13H,2,5-6,8H2,1H3/t9-/m1/s1. The number of halogens is 2. The first-order valence-electron chi connectivity index (χ1n) is 6.42. The minimum absolute atomic E-state index is 0.0492. The Morgan fingerprint density at radius 3 is 2.90 bits per heavy atom. The number of hydrogen-bond donors (Lipinski definition) is 0. The third-order valence-corrected chi connectivity index (χ3v) is 3.24. The molecule has 2 rings (SSSR count). The number of benzene rings is 1. The maximum absolute atomic E-state index is 12.7. The molecule has 1 aromatic rings. The lowest BCUT2D eigenvalue weighted by atomic mass is 10.1. The summed E-state index contributed by atoms with van der Waals surface area (Å²) in [5, 5.41) is 11.1. The molecule has 1 fully saturated rings. The molecule has 1 aromatic carbocycles. The molecule has 1 aliphatic heterocycles. The summed E-state index contributed by atoms with van der Waals surface area (Å²) < 4.78 is 30.8. The lowest BCUT2D eigenvalue weighted by molar-refractivity contribution is -0.384.